The Morgan fingerprint density at radius 3 is 2.54 bits per heavy atom. The number of hydrogen-bond acceptors (Lipinski definition) is 4. The first-order valence-electron chi connectivity index (χ1n) is 8.88. The molecule has 28 heavy (non-hydrogen) atoms. The fourth-order valence-corrected chi connectivity index (χ4v) is 4.12. The molecule has 0 aliphatic heterocycles. The van der Waals surface area contributed by atoms with Gasteiger partial charge in [-0.3, -0.25) is 0 Å². The van der Waals surface area contributed by atoms with Gasteiger partial charge in [0.25, 0.3) is 0 Å². The van der Waals surface area contributed by atoms with Crippen LogP contribution in [0.3, 0.4) is 0 Å². The van der Waals surface area contributed by atoms with E-state index >= 15 is 0 Å². The fourth-order valence-electron chi connectivity index (χ4n) is 2.71. The Bertz CT molecular complexity index is 959. The highest BCUT2D eigenvalue weighted by atomic mass is 35.5. The van der Waals surface area contributed by atoms with Crippen LogP contribution in [0.4, 0.5) is 0 Å². The molecule has 0 fully saturated rings. The van der Waals surface area contributed by atoms with Gasteiger partial charge >= 0.3 is 5.97 Å². The normalized spacial score (nSPS) is 11.6. The minimum absolute atomic E-state index is 0.163. The largest absolute Gasteiger partial charge is 0.481 e. The third-order valence-corrected chi connectivity index (χ3v) is 6.41. The van der Waals surface area contributed by atoms with E-state index in [9.17, 15) is 13.2 Å². The smallest absolute Gasteiger partial charge is 0.341 e. The molecule has 2 aromatic carbocycles. The molecule has 8 heteroatoms. The van der Waals surface area contributed by atoms with Gasteiger partial charge < -0.3 is 9.84 Å². The zero-order chi connectivity index (χ0) is 20.9. The molecule has 2 rings (SSSR count). The van der Waals surface area contributed by atoms with Gasteiger partial charge in [-0.2, -0.15) is 0 Å². The first-order chi connectivity index (χ1) is 13.2. The van der Waals surface area contributed by atoms with Crippen LogP contribution >= 0.6 is 11.6 Å². The van der Waals surface area contributed by atoms with Crippen LogP contribution < -0.4 is 4.74 Å². The van der Waals surface area contributed by atoms with Crippen molar-refractivity contribution in [2.75, 3.05) is 20.2 Å². The number of carboxylic acid groups (broad SMARTS) is 1. The molecular formula is C20H24ClNO5S. The van der Waals surface area contributed by atoms with Crippen molar-refractivity contribution in [3.05, 3.63) is 47.0 Å². The molecule has 0 spiro atoms. The van der Waals surface area contributed by atoms with Gasteiger partial charge in [0.05, 0.1) is 4.90 Å². The number of aliphatic carboxylic acids is 1. The van der Waals surface area contributed by atoms with Crippen molar-refractivity contribution in [2.24, 2.45) is 0 Å². The van der Waals surface area contributed by atoms with Crippen molar-refractivity contribution in [3.8, 4) is 16.9 Å². The molecule has 0 heterocycles. The van der Waals surface area contributed by atoms with Gasteiger partial charge in [0.2, 0.25) is 10.0 Å². The third kappa shape index (κ3) is 5.25. The SMILES string of the molecule is CCCCN(C)S(=O)(=O)c1ccc(C)c(-c2cc(Cl)ccc2OCC(=O)O)c1. The number of carboxylic acids is 1. The summed E-state index contributed by atoms with van der Waals surface area (Å²) in [5, 5.41) is 9.33. The molecule has 6 nitrogen and oxygen atoms in total. The number of ether oxygens (including phenoxy) is 1. The molecule has 2 aromatic rings. The van der Waals surface area contributed by atoms with Crippen LogP contribution in [0.2, 0.25) is 5.02 Å². The summed E-state index contributed by atoms with van der Waals surface area (Å²) in [6.45, 7) is 3.77. The summed E-state index contributed by atoms with van der Waals surface area (Å²) in [6, 6.07) is 9.67. The minimum atomic E-state index is -3.64. The molecule has 0 amide bonds. The van der Waals surface area contributed by atoms with E-state index in [4.69, 9.17) is 21.4 Å². The summed E-state index contributed by atoms with van der Waals surface area (Å²) >= 11 is 6.12. The van der Waals surface area contributed by atoms with E-state index in [1.165, 1.54) is 4.31 Å². The van der Waals surface area contributed by atoms with Crippen LogP contribution in [0.25, 0.3) is 11.1 Å². The number of sulfonamides is 1. The van der Waals surface area contributed by atoms with Gasteiger partial charge in [-0.05, 0) is 54.8 Å². The van der Waals surface area contributed by atoms with E-state index in [0.717, 1.165) is 18.4 Å². The van der Waals surface area contributed by atoms with Crippen molar-refractivity contribution >= 4 is 27.6 Å². The van der Waals surface area contributed by atoms with E-state index in [0.29, 0.717) is 28.4 Å². The second-order valence-electron chi connectivity index (χ2n) is 6.48. The Kier molecular flexibility index (Phi) is 7.46. The number of benzene rings is 2. The zero-order valence-electron chi connectivity index (χ0n) is 16.1. The number of aryl methyl sites for hydroxylation is 1. The van der Waals surface area contributed by atoms with Gasteiger partial charge in [0.1, 0.15) is 5.75 Å². The topological polar surface area (TPSA) is 83.9 Å². The average Bonchev–Trinajstić information content (AvgIpc) is 2.65. The van der Waals surface area contributed by atoms with Crippen molar-refractivity contribution in [1.29, 1.82) is 0 Å². The first-order valence-corrected chi connectivity index (χ1v) is 10.7. The summed E-state index contributed by atoms with van der Waals surface area (Å²) in [7, 11) is -2.08. The maximum absolute atomic E-state index is 12.9. The van der Waals surface area contributed by atoms with Gasteiger partial charge in [0, 0.05) is 24.2 Å². The molecule has 0 aliphatic carbocycles. The van der Waals surface area contributed by atoms with Crippen LogP contribution in [0.5, 0.6) is 5.75 Å². The summed E-state index contributed by atoms with van der Waals surface area (Å²) in [5.74, 6) is -0.782. The average molecular weight is 426 g/mol. The molecular weight excluding hydrogens is 402 g/mol. The highest BCUT2D eigenvalue weighted by Crippen LogP contribution is 2.36. The molecule has 0 unspecified atom stereocenters. The summed E-state index contributed by atoms with van der Waals surface area (Å²) in [6.07, 6.45) is 1.67. The van der Waals surface area contributed by atoms with Gasteiger partial charge in [0.15, 0.2) is 6.61 Å². The molecule has 1 N–H and O–H groups in total. The quantitative estimate of drug-likeness (QED) is 0.650. The van der Waals surface area contributed by atoms with Gasteiger partial charge in [-0.25, -0.2) is 17.5 Å². The number of unbranched alkanes of at least 4 members (excludes halogenated alkanes) is 1. The lowest BCUT2D eigenvalue weighted by Crippen LogP contribution is -2.28. The Morgan fingerprint density at radius 2 is 1.89 bits per heavy atom. The number of rotatable bonds is 9. The Morgan fingerprint density at radius 1 is 1.18 bits per heavy atom. The second-order valence-corrected chi connectivity index (χ2v) is 8.96. The summed E-state index contributed by atoms with van der Waals surface area (Å²) < 4.78 is 32.5. The van der Waals surface area contributed by atoms with Crippen molar-refractivity contribution in [3.63, 3.8) is 0 Å². The van der Waals surface area contributed by atoms with E-state index in [1.807, 2.05) is 13.8 Å². The summed E-state index contributed by atoms with van der Waals surface area (Å²) in [4.78, 5) is 11.0. The van der Waals surface area contributed by atoms with E-state index in [1.54, 1.807) is 43.4 Å². The van der Waals surface area contributed by atoms with E-state index in [2.05, 4.69) is 0 Å². The Hall–Kier alpha value is -2.09. The van der Waals surface area contributed by atoms with Crippen LogP contribution in [-0.2, 0) is 14.8 Å². The van der Waals surface area contributed by atoms with Gasteiger partial charge in [-0.1, -0.05) is 31.0 Å². The lowest BCUT2D eigenvalue weighted by atomic mass is 10.00. The molecule has 152 valence electrons. The zero-order valence-corrected chi connectivity index (χ0v) is 17.7. The molecule has 0 saturated heterocycles. The summed E-state index contributed by atoms with van der Waals surface area (Å²) in [5.41, 5.74) is 1.98. The lowest BCUT2D eigenvalue weighted by Gasteiger charge is -2.19. The monoisotopic (exact) mass is 425 g/mol. The maximum atomic E-state index is 12.9. The molecule has 0 aliphatic rings. The van der Waals surface area contributed by atoms with Crippen molar-refractivity contribution < 1.29 is 23.1 Å². The first kappa shape index (κ1) is 22.2. The standard InChI is InChI=1S/C20H24ClNO5S/c1-4-5-10-22(3)28(25,26)16-8-6-14(2)17(12-16)18-11-15(21)7-9-19(18)27-13-20(23)24/h6-9,11-12H,4-5,10,13H2,1-3H3,(H,23,24). The van der Waals surface area contributed by atoms with E-state index < -0.39 is 22.6 Å². The van der Waals surface area contributed by atoms with Crippen LogP contribution in [0, 0.1) is 6.92 Å². The van der Waals surface area contributed by atoms with Crippen molar-refractivity contribution in [2.45, 2.75) is 31.6 Å². The molecule has 0 bridgehead atoms. The van der Waals surface area contributed by atoms with Crippen LogP contribution in [-0.4, -0.2) is 44.0 Å². The number of nitrogens with zero attached hydrogens (tertiary/aromatic N) is 1. The third-order valence-electron chi connectivity index (χ3n) is 4.33. The molecule has 0 radical (unpaired) electrons. The predicted octanol–water partition coefficient (Wildman–Crippen LogP) is 4.20. The highest BCUT2D eigenvalue weighted by molar-refractivity contribution is 7.89. The van der Waals surface area contributed by atoms with Gasteiger partial charge in [-0.15, -0.1) is 0 Å². The number of carbonyl (C=O) groups is 1. The lowest BCUT2D eigenvalue weighted by molar-refractivity contribution is -0.139. The molecule has 0 atom stereocenters. The molecule has 0 saturated carbocycles. The predicted molar refractivity (Wildman–Crippen MR) is 109 cm³/mol. The van der Waals surface area contributed by atoms with E-state index in [-0.39, 0.29) is 4.90 Å². The van der Waals surface area contributed by atoms with Crippen LogP contribution in [0.1, 0.15) is 25.3 Å². The molecule has 0 aromatic heterocycles. The number of hydrogen-bond donors (Lipinski definition) is 1. The number of halogens is 1. The Labute approximate surface area is 170 Å². The Balaban J connectivity index is 2.52. The highest BCUT2D eigenvalue weighted by Gasteiger charge is 2.22. The fraction of sp³-hybridized carbons (Fsp3) is 0.350. The maximum Gasteiger partial charge on any atom is 0.341 e. The van der Waals surface area contributed by atoms with Crippen molar-refractivity contribution in [1.82, 2.24) is 4.31 Å². The second kappa shape index (κ2) is 9.41. The van der Waals surface area contributed by atoms with Crippen LogP contribution in [0.15, 0.2) is 41.3 Å². The minimum Gasteiger partial charge on any atom is -0.481 e.